The Balaban J connectivity index is 2.28. The lowest BCUT2D eigenvalue weighted by atomic mass is 10.1. The van der Waals surface area contributed by atoms with Crippen molar-refractivity contribution in [1.29, 1.82) is 0 Å². The predicted molar refractivity (Wildman–Crippen MR) is 76.7 cm³/mol. The van der Waals surface area contributed by atoms with Crippen molar-refractivity contribution < 1.29 is 9.53 Å². The van der Waals surface area contributed by atoms with Gasteiger partial charge < -0.3 is 9.64 Å². The van der Waals surface area contributed by atoms with Gasteiger partial charge in [0, 0.05) is 17.9 Å². The molecule has 1 aromatic rings. The van der Waals surface area contributed by atoms with Gasteiger partial charge in [-0.05, 0) is 30.2 Å². The molecule has 0 aromatic heterocycles. The molecule has 0 aliphatic heterocycles. The summed E-state index contributed by atoms with van der Waals surface area (Å²) < 4.78 is 6.60. The van der Waals surface area contributed by atoms with Gasteiger partial charge in [0.1, 0.15) is 12.4 Å². The summed E-state index contributed by atoms with van der Waals surface area (Å²) in [7, 11) is 1.82. The van der Waals surface area contributed by atoms with E-state index < -0.39 is 0 Å². The van der Waals surface area contributed by atoms with Gasteiger partial charge in [-0.2, -0.15) is 0 Å². The van der Waals surface area contributed by atoms with Crippen molar-refractivity contribution in [3.05, 3.63) is 28.7 Å². The number of carbonyl (C=O) groups is 1. The lowest BCUT2D eigenvalue weighted by Crippen LogP contribution is -2.31. The number of hydrogen-bond acceptors (Lipinski definition) is 2. The van der Waals surface area contributed by atoms with E-state index in [1.54, 1.807) is 4.90 Å². The Morgan fingerprint density at radius 1 is 1.33 bits per heavy atom. The van der Waals surface area contributed by atoms with Gasteiger partial charge in [0.15, 0.2) is 0 Å². The van der Waals surface area contributed by atoms with E-state index in [1.165, 1.54) is 0 Å². The Labute approximate surface area is 117 Å². The second-order valence-corrected chi connectivity index (χ2v) is 5.63. The minimum atomic E-state index is 0.171. The topological polar surface area (TPSA) is 29.5 Å². The molecule has 0 fully saturated rings. The first-order chi connectivity index (χ1) is 8.49. The number of benzene rings is 1. The highest BCUT2D eigenvalue weighted by molar-refractivity contribution is 9.10. The maximum Gasteiger partial charge on any atom is 0.222 e. The number of rotatable bonds is 6. The third-order valence-electron chi connectivity index (χ3n) is 2.52. The molecular weight excluding hydrogens is 294 g/mol. The van der Waals surface area contributed by atoms with E-state index in [0.717, 1.165) is 10.2 Å². The van der Waals surface area contributed by atoms with Gasteiger partial charge in [-0.25, -0.2) is 0 Å². The molecule has 0 heterocycles. The Morgan fingerprint density at radius 2 is 1.94 bits per heavy atom. The van der Waals surface area contributed by atoms with Gasteiger partial charge in [0.2, 0.25) is 5.91 Å². The van der Waals surface area contributed by atoms with Crippen LogP contribution in [-0.4, -0.2) is 31.0 Å². The highest BCUT2D eigenvalue weighted by atomic mass is 79.9. The van der Waals surface area contributed by atoms with Crippen molar-refractivity contribution in [3.8, 4) is 5.75 Å². The van der Waals surface area contributed by atoms with Crippen molar-refractivity contribution in [2.45, 2.75) is 20.3 Å². The molecule has 4 heteroatoms. The molecule has 0 atom stereocenters. The van der Waals surface area contributed by atoms with E-state index in [-0.39, 0.29) is 5.91 Å². The predicted octanol–water partition coefficient (Wildman–Crippen LogP) is 3.33. The Hall–Kier alpha value is -1.03. The summed E-state index contributed by atoms with van der Waals surface area (Å²) >= 11 is 3.37. The molecule has 0 aliphatic rings. The van der Waals surface area contributed by atoms with E-state index in [2.05, 4.69) is 15.9 Å². The Bertz CT molecular complexity index is 376. The molecule has 0 bridgehead atoms. The maximum absolute atomic E-state index is 11.7. The van der Waals surface area contributed by atoms with Crippen LogP contribution in [0.5, 0.6) is 5.75 Å². The molecule has 0 spiro atoms. The lowest BCUT2D eigenvalue weighted by Gasteiger charge is -2.18. The first-order valence-corrected chi connectivity index (χ1v) is 6.90. The third kappa shape index (κ3) is 5.54. The second-order valence-electron chi connectivity index (χ2n) is 4.72. The smallest absolute Gasteiger partial charge is 0.222 e. The van der Waals surface area contributed by atoms with E-state index in [0.29, 0.717) is 25.5 Å². The molecule has 3 nitrogen and oxygen atoms in total. The minimum absolute atomic E-state index is 0.171. The number of carbonyl (C=O) groups excluding carboxylic acids is 1. The summed E-state index contributed by atoms with van der Waals surface area (Å²) in [4.78, 5) is 13.4. The number of halogens is 1. The van der Waals surface area contributed by atoms with Crippen molar-refractivity contribution in [2.75, 3.05) is 20.2 Å². The fourth-order valence-corrected chi connectivity index (χ4v) is 1.73. The largest absolute Gasteiger partial charge is 0.492 e. The van der Waals surface area contributed by atoms with Crippen LogP contribution in [0.2, 0.25) is 0 Å². The van der Waals surface area contributed by atoms with Crippen LogP contribution in [0.25, 0.3) is 0 Å². The summed E-state index contributed by atoms with van der Waals surface area (Å²) in [5.41, 5.74) is 0. The number of ether oxygens (including phenoxy) is 1. The van der Waals surface area contributed by atoms with E-state index >= 15 is 0 Å². The summed E-state index contributed by atoms with van der Waals surface area (Å²) in [6.45, 7) is 5.22. The normalized spacial score (nSPS) is 10.5. The zero-order chi connectivity index (χ0) is 13.5. The zero-order valence-corrected chi connectivity index (χ0v) is 12.7. The van der Waals surface area contributed by atoms with E-state index in [1.807, 2.05) is 45.2 Å². The summed E-state index contributed by atoms with van der Waals surface area (Å²) in [6, 6.07) is 7.67. The fourth-order valence-electron chi connectivity index (χ4n) is 1.46. The number of amides is 1. The van der Waals surface area contributed by atoms with Crippen LogP contribution in [0.1, 0.15) is 20.3 Å². The van der Waals surface area contributed by atoms with Gasteiger partial charge in [-0.3, -0.25) is 4.79 Å². The molecule has 0 aliphatic carbocycles. The van der Waals surface area contributed by atoms with Crippen molar-refractivity contribution >= 4 is 21.8 Å². The first kappa shape index (κ1) is 15.0. The molecule has 0 unspecified atom stereocenters. The van der Waals surface area contributed by atoms with Crippen LogP contribution in [0.4, 0.5) is 0 Å². The summed E-state index contributed by atoms with van der Waals surface area (Å²) in [5, 5.41) is 0. The van der Waals surface area contributed by atoms with Crippen molar-refractivity contribution in [1.82, 2.24) is 4.90 Å². The summed E-state index contributed by atoms with van der Waals surface area (Å²) in [5.74, 6) is 1.39. The molecule has 1 amide bonds. The van der Waals surface area contributed by atoms with E-state index in [9.17, 15) is 4.79 Å². The number of hydrogen-bond donors (Lipinski definition) is 0. The molecule has 1 aromatic carbocycles. The van der Waals surface area contributed by atoms with Crippen LogP contribution >= 0.6 is 15.9 Å². The summed E-state index contributed by atoms with van der Waals surface area (Å²) in [6.07, 6.45) is 0.592. The molecule has 0 saturated heterocycles. The molecular formula is C14H20BrNO2. The Morgan fingerprint density at radius 3 is 2.50 bits per heavy atom. The number of nitrogens with zero attached hydrogens (tertiary/aromatic N) is 1. The van der Waals surface area contributed by atoms with Gasteiger partial charge in [-0.1, -0.05) is 29.8 Å². The van der Waals surface area contributed by atoms with Gasteiger partial charge in [0.05, 0.1) is 6.54 Å². The second kappa shape index (κ2) is 7.41. The molecule has 18 heavy (non-hydrogen) atoms. The fraction of sp³-hybridized carbons (Fsp3) is 0.500. The number of likely N-dealkylation sites (N-methyl/N-ethyl adjacent to an activating group) is 1. The molecule has 0 radical (unpaired) electrons. The first-order valence-electron chi connectivity index (χ1n) is 6.11. The van der Waals surface area contributed by atoms with Gasteiger partial charge >= 0.3 is 0 Å². The minimum Gasteiger partial charge on any atom is -0.492 e. The monoisotopic (exact) mass is 313 g/mol. The zero-order valence-electron chi connectivity index (χ0n) is 11.1. The van der Waals surface area contributed by atoms with Crippen LogP contribution in [0.15, 0.2) is 28.7 Å². The highest BCUT2D eigenvalue weighted by Gasteiger charge is 2.10. The van der Waals surface area contributed by atoms with Crippen LogP contribution in [0, 0.1) is 5.92 Å². The highest BCUT2D eigenvalue weighted by Crippen LogP contribution is 2.15. The molecule has 1 rings (SSSR count). The molecule has 0 N–H and O–H groups in total. The molecule has 0 saturated carbocycles. The quantitative estimate of drug-likeness (QED) is 0.806. The van der Waals surface area contributed by atoms with Gasteiger partial charge in [0.25, 0.3) is 0 Å². The standard InChI is InChI=1S/C14H20BrNO2/c1-11(2)10-14(17)16(3)8-9-18-13-6-4-12(15)5-7-13/h4-7,11H,8-10H2,1-3H3. The Kier molecular flexibility index (Phi) is 6.19. The third-order valence-corrected chi connectivity index (χ3v) is 3.05. The lowest BCUT2D eigenvalue weighted by molar-refractivity contribution is -0.130. The maximum atomic E-state index is 11.7. The van der Waals surface area contributed by atoms with Crippen LogP contribution in [-0.2, 0) is 4.79 Å². The average molecular weight is 314 g/mol. The SMILES string of the molecule is CC(C)CC(=O)N(C)CCOc1ccc(Br)cc1. The molecule has 100 valence electrons. The van der Waals surface area contributed by atoms with Gasteiger partial charge in [-0.15, -0.1) is 0 Å². The van der Waals surface area contributed by atoms with Crippen LogP contribution < -0.4 is 4.74 Å². The van der Waals surface area contributed by atoms with Crippen molar-refractivity contribution in [2.24, 2.45) is 5.92 Å². The van der Waals surface area contributed by atoms with E-state index in [4.69, 9.17) is 4.74 Å². The van der Waals surface area contributed by atoms with Crippen molar-refractivity contribution in [3.63, 3.8) is 0 Å². The van der Waals surface area contributed by atoms with Crippen LogP contribution in [0.3, 0.4) is 0 Å². The average Bonchev–Trinajstić information content (AvgIpc) is 2.30.